The average molecular weight is 377 g/mol. The van der Waals surface area contributed by atoms with Crippen molar-refractivity contribution >= 4 is 17.5 Å². The van der Waals surface area contributed by atoms with Gasteiger partial charge in [0.05, 0.1) is 17.3 Å². The summed E-state index contributed by atoms with van der Waals surface area (Å²) in [7, 11) is 0. The van der Waals surface area contributed by atoms with Crippen LogP contribution in [0.3, 0.4) is 0 Å². The molecule has 10 heteroatoms. The second-order valence-corrected chi connectivity index (χ2v) is 6.46. The Labute approximate surface area is 152 Å². The van der Waals surface area contributed by atoms with E-state index in [-0.39, 0.29) is 17.0 Å². The maximum absolute atomic E-state index is 13.3. The molecule has 3 aromatic rings. The van der Waals surface area contributed by atoms with Crippen molar-refractivity contribution in [2.24, 2.45) is 0 Å². The topological polar surface area (TPSA) is 89.9 Å². The number of halogens is 2. The molecule has 0 bridgehead atoms. The highest BCUT2D eigenvalue weighted by molar-refractivity contribution is 6.31. The van der Waals surface area contributed by atoms with Gasteiger partial charge in [-0.25, -0.2) is 9.07 Å². The van der Waals surface area contributed by atoms with E-state index in [4.69, 9.17) is 16.1 Å². The maximum atomic E-state index is 13.3. The maximum Gasteiger partial charge on any atom is 0.280 e. The van der Waals surface area contributed by atoms with Crippen LogP contribution in [0.4, 0.5) is 4.39 Å². The van der Waals surface area contributed by atoms with Crippen LogP contribution in [0.15, 0.2) is 28.9 Å². The molecule has 3 heterocycles. The second kappa shape index (κ2) is 6.49. The van der Waals surface area contributed by atoms with Gasteiger partial charge in [-0.3, -0.25) is 4.79 Å². The predicted octanol–water partition coefficient (Wildman–Crippen LogP) is 2.52. The number of amides is 1. The molecule has 4 rings (SSSR count). The van der Waals surface area contributed by atoms with Crippen LogP contribution in [-0.4, -0.2) is 49.0 Å². The van der Waals surface area contributed by atoms with E-state index in [1.165, 1.54) is 18.2 Å². The zero-order valence-corrected chi connectivity index (χ0v) is 14.5. The van der Waals surface area contributed by atoms with Crippen LogP contribution in [0.2, 0.25) is 5.02 Å². The van der Waals surface area contributed by atoms with Crippen molar-refractivity contribution < 1.29 is 13.7 Å². The average Bonchev–Trinajstić information content (AvgIpc) is 3.35. The first-order chi connectivity index (χ1) is 12.5. The lowest BCUT2D eigenvalue weighted by molar-refractivity contribution is 0.0787. The lowest BCUT2D eigenvalue weighted by Gasteiger charge is -2.16. The van der Waals surface area contributed by atoms with Gasteiger partial charge in [-0.05, 0) is 31.5 Å². The van der Waals surface area contributed by atoms with Crippen LogP contribution >= 0.6 is 11.6 Å². The number of likely N-dealkylation sites (tertiary alicyclic amines) is 1. The number of carbonyl (C=O) groups is 1. The van der Waals surface area contributed by atoms with Crippen molar-refractivity contribution in [1.29, 1.82) is 0 Å². The summed E-state index contributed by atoms with van der Waals surface area (Å²) in [6, 6.07) is 3.96. The van der Waals surface area contributed by atoms with Gasteiger partial charge in [0.15, 0.2) is 11.5 Å². The molecule has 1 amide bonds. The Morgan fingerprint density at radius 2 is 2.27 bits per heavy atom. The summed E-state index contributed by atoms with van der Waals surface area (Å²) < 4.78 is 20.0. The second-order valence-electron chi connectivity index (χ2n) is 6.05. The molecule has 8 nitrogen and oxygen atoms in total. The van der Waals surface area contributed by atoms with Gasteiger partial charge in [-0.1, -0.05) is 22.0 Å². The van der Waals surface area contributed by atoms with Crippen LogP contribution < -0.4 is 0 Å². The smallest absolute Gasteiger partial charge is 0.280 e. The first kappa shape index (κ1) is 16.6. The molecule has 1 unspecified atom stereocenters. The van der Waals surface area contributed by atoms with Crippen molar-refractivity contribution in [2.75, 3.05) is 13.1 Å². The Morgan fingerprint density at radius 3 is 3.00 bits per heavy atom. The number of rotatable bonds is 3. The molecule has 1 aliphatic rings. The number of nitrogens with zero attached hydrogens (tertiary/aromatic N) is 6. The summed E-state index contributed by atoms with van der Waals surface area (Å²) in [5.41, 5.74) is 0.846. The molecule has 0 spiro atoms. The van der Waals surface area contributed by atoms with Gasteiger partial charge >= 0.3 is 0 Å². The number of hydrogen-bond acceptors (Lipinski definition) is 6. The van der Waals surface area contributed by atoms with Crippen LogP contribution in [0.1, 0.15) is 28.6 Å². The van der Waals surface area contributed by atoms with Crippen LogP contribution in [0.25, 0.3) is 11.6 Å². The third-order valence-electron chi connectivity index (χ3n) is 4.25. The van der Waals surface area contributed by atoms with Gasteiger partial charge in [0, 0.05) is 18.7 Å². The number of benzene rings is 1. The van der Waals surface area contributed by atoms with Crippen molar-refractivity contribution in [3.8, 4) is 11.6 Å². The minimum atomic E-state index is -0.547. The van der Waals surface area contributed by atoms with Gasteiger partial charge in [0.2, 0.25) is 0 Å². The van der Waals surface area contributed by atoms with E-state index < -0.39 is 5.82 Å². The Morgan fingerprint density at radius 1 is 1.42 bits per heavy atom. The minimum absolute atomic E-state index is 0.0138. The Hall–Kier alpha value is -2.81. The van der Waals surface area contributed by atoms with Crippen LogP contribution in [-0.2, 0) is 0 Å². The van der Waals surface area contributed by atoms with E-state index in [2.05, 4.69) is 20.5 Å². The van der Waals surface area contributed by atoms with Gasteiger partial charge in [-0.15, -0.1) is 5.10 Å². The summed E-state index contributed by atoms with van der Waals surface area (Å²) in [6.45, 7) is 2.76. The highest BCUT2D eigenvalue weighted by Crippen LogP contribution is 2.25. The number of hydrogen-bond donors (Lipinski definition) is 0. The molecule has 1 atom stereocenters. The van der Waals surface area contributed by atoms with Crippen molar-refractivity contribution in [3.05, 3.63) is 46.6 Å². The zero-order chi connectivity index (χ0) is 18.3. The van der Waals surface area contributed by atoms with Crippen molar-refractivity contribution in [2.45, 2.75) is 19.4 Å². The quantitative estimate of drug-likeness (QED) is 0.697. The van der Waals surface area contributed by atoms with E-state index in [0.717, 1.165) is 6.42 Å². The predicted molar refractivity (Wildman–Crippen MR) is 89.0 cm³/mol. The van der Waals surface area contributed by atoms with Gasteiger partial charge in [0.25, 0.3) is 11.8 Å². The molecule has 1 saturated heterocycles. The van der Waals surface area contributed by atoms with Gasteiger partial charge in [-0.2, -0.15) is 4.98 Å². The van der Waals surface area contributed by atoms with E-state index in [9.17, 15) is 9.18 Å². The third-order valence-corrected chi connectivity index (χ3v) is 4.54. The number of aromatic nitrogens is 5. The van der Waals surface area contributed by atoms with Crippen molar-refractivity contribution in [1.82, 2.24) is 30.0 Å². The molecule has 0 radical (unpaired) electrons. The fourth-order valence-corrected chi connectivity index (χ4v) is 3.09. The van der Waals surface area contributed by atoms with E-state index in [1.54, 1.807) is 22.7 Å². The van der Waals surface area contributed by atoms with E-state index >= 15 is 0 Å². The molecule has 1 aromatic carbocycles. The van der Waals surface area contributed by atoms with Crippen LogP contribution in [0, 0.1) is 12.7 Å². The Balaban J connectivity index is 1.47. The van der Waals surface area contributed by atoms with Gasteiger partial charge < -0.3 is 9.42 Å². The van der Waals surface area contributed by atoms with E-state index in [1.807, 2.05) is 0 Å². The fraction of sp³-hybridized carbons (Fsp3) is 0.312. The Kier molecular flexibility index (Phi) is 4.15. The standard InChI is InChI=1S/C16H14ClFN6O2/c1-9-19-15(26-21-9)14-8-24(22-20-14)11-4-5-23(7-11)16(25)10-2-3-13(18)12(17)6-10/h2-3,6,8,11H,4-5,7H2,1H3. The molecule has 134 valence electrons. The molecule has 1 fully saturated rings. The normalized spacial score (nSPS) is 17.0. The highest BCUT2D eigenvalue weighted by atomic mass is 35.5. The third kappa shape index (κ3) is 3.05. The molecular weight excluding hydrogens is 363 g/mol. The van der Waals surface area contributed by atoms with E-state index in [0.29, 0.717) is 36.1 Å². The molecule has 0 saturated carbocycles. The summed E-state index contributed by atoms with van der Waals surface area (Å²) in [5, 5.41) is 11.8. The van der Waals surface area contributed by atoms with Gasteiger partial charge in [0.1, 0.15) is 5.82 Å². The largest absolute Gasteiger partial charge is 0.336 e. The Bertz CT molecular complexity index is 971. The molecule has 2 aromatic heterocycles. The summed E-state index contributed by atoms with van der Waals surface area (Å²) in [5.74, 6) is 0.0852. The zero-order valence-electron chi connectivity index (χ0n) is 13.8. The molecule has 1 aliphatic heterocycles. The molecule has 0 aliphatic carbocycles. The summed E-state index contributed by atoms with van der Waals surface area (Å²) in [4.78, 5) is 18.4. The first-order valence-electron chi connectivity index (χ1n) is 7.98. The molecule has 0 N–H and O–H groups in total. The van der Waals surface area contributed by atoms with Crippen LogP contribution in [0.5, 0.6) is 0 Å². The molecular formula is C16H14ClFN6O2. The summed E-state index contributed by atoms with van der Waals surface area (Å²) >= 11 is 5.76. The molecule has 26 heavy (non-hydrogen) atoms. The highest BCUT2D eigenvalue weighted by Gasteiger charge is 2.29. The SMILES string of the molecule is Cc1noc(-c2cn(C3CCN(C(=O)c4ccc(F)c(Cl)c4)C3)nn2)n1. The fourth-order valence-electron chi connectivity index (χ4n) is 2.91. The minimum Gasteiger partial charge on any atom is -0.336 e. The summed E-state index contributed by atoms with van der Waals surface area (Å²) in [6.07, 6.45) is 2.45. The monoisotopic (exact) mass is 376 g/mol. The first-order valence-corrected chi connectivity index (χ1v) is 8.36. The van der Waals surface area contributed by atoms with Crippen molar-refractivity contribution in [3.63, 3.8) is 0 Å². The lowest BCUT2D eigenvalue weighted by atomic mass is 10.2. The number of aryl methyl sites for hydroxylation is 1. The number of carbonyl (C=O) groups excluding carboxylic acids is 1. The lowest BCUT2D eigenvalue weighted by Crippen LogP contribution is -2.29.